The topological polar surface area (TPSA) is 0 Å². The summed E-state index contributed by atoms with van der Waals surface area (Å²) in [5.41, 5.74) is 0. The zero-order valence-electron chi connectivity index (χ0n) is 8.70. The molecule has 0 fully saturated rings. The van der Waals surface area contributed by atoms with Gasteiger partial charge < -0.3 is 0 Å². The van der Waals surface area contributed by atoms with Gasteiger partial charge in [0.15, 0.2) is 0 Å². The van der Waals surface area contributed by atoms with Crippen LogP contribution in [0.1, 0.15) is 58.3 Å². The predicted molar refractivity (Wildman–Crippen MR) is 53.5 cm³/mol. The molecule has 0 saturated carbocycles. The number of unbranched alkanes of at least 4 members (excludes halogenated alkanes) is 4. The normalized spacial score (nSPS) is 13.2. The Morgan fingerprint density at radius 2 is 1.54 bits per heavy atom. The van der Waals surface area contributed by atoms with Crippen molar-refractivity contribution in [1.29, 1.82) is 0 Å². The second-order valence-corrected chi connectivity index (χ2v) is 3.63. The molecular weight excluding hydrogens is 170 g/mol. The van der Waals surface area contributed by atoms with Gasteiger partial charge in [-0.2, -0.15) is 0 Å². The average Bonchev–Trinajstić information content (AvgIpc) is 2.14. The number of rotatable bonds is 9. The smallest absolute Gasteiger partial charge is 0.100 e. The molecule has 0 heterocycles. The number of halogens is 2. The molecule has 2 heteroatoms. The van der Waals surface area contributed by atoms with E-state index in [0.717, 1.165) is 32.1 Å². The molecule has 1 unspecified atom stereocenters. The van der Waals surface area contributed by atoms with E-state index in [1.165, 1.54) is 0 Å². The third-order valence-corrected chi connectivity index (χ3v) is 2.27. The Labute approximate surface area is 80.7 Å². The second-order valence-electron chi connectivity index (χ2n) is 3.63. The fourth-order valence-electron chi connectivity index (χ4n) is 1.38. The Morgan fingerprint density at radius 1 is 0.923 bits per heavy atom. The molecule has 0 spiro atoms. The van der Waals surface area contributed by atoms with E-state index in [2.05, 4.69) is 6.92 Å². The molecule has 0 aromatic rings. The van der Waals surface area contributed by atoms with E-state index < -0.39 is 6.17 Å². The van der Waals surface area contributed by atoms with Crippen LogP contribution in [0.4, 0.5) is 8.78 Å². The van der Waals surface area contributed by atoms with Gasteiger partial charge in [-0.25, -0.2) is 4.39 Å². The van der Waals surface area contributed by atoms with Crippen LogP contribution in [-0.2, 0) is 0 Å². The molecular formula is C11H22F2. The molecule has 1 atom stereocenters. The van der Waals surface area contributed by atoms with Gasteiger partial charge in [-0.05, 0) is 19.3 Å². The Hall–Kier alpha value is -0.140. The fraction of sp³-hybridized carbons (Fsp3) is 1.00. The lowest BCUT2D eigenvalue weighted by Gasteiger charge is -2.06. The molecule has 0 amide bonds. The zero-order chi connectivity index (χ0) is 9.94. The highest BCUT2D eigenvalue weighted by atomic mass is 19.1. The first kappa shape index (κ1) is 12.9. The van der Waals surface area contributed by atoms with Crippen LogP contribution in [0.2, 0.25) is 0 Å². The second kappa shape index (κ2) is 9.94. The van der Waals surface area contributed by atoms with Crippen molar-refractivity contribution >= 4 is 0 Å². The van der Waals surface area contributed by atoms with Crippen molar-refractivity contribution in [2.75, 3.05) is 6.67 Å². The number of alkyl halides is 2. The molecule has 0 bridgehead atoms. The molecule has 0 nitrogen and oxygen atoms in total. The minimum absolute atomic E-state index is 0.227. The lowest BCUT2D eigenvalue weighted by atomic mass is 10.1. The van der Waals surface area contributed by atoms with Crippen LogP contribution >= 0.6 is 0 Å². The number of hydrogen-bond acceptors (Lipinski definition) is 0. The lowest BCUT2D eigenvalue weighted by molar-refractivity contribution is 0.280. The summed E-state index contributed by atoms with van der Waals surface area (Å²) in [5.74, 6) is 0. The van der Waals surface area contributed by atoms with Gasteiger partial charge in [0.05, 0.1) is 6.67 Å². The van der Waals surface area contributed by atoms with Crippen molar-refractivity contribution in [3.63, 3.8) is 0 Å². The third kappa shape index (κ3) is 9.78. The first-order chi connectivity index (χ1) is 6.31. The van der Waals surface area contributed by atoms with Gasteiger partial charge in [0.2, 0.25) is 0 Å². The van der Waals surface area contributed by atoms with E-state index in [0.29, 0.717) is 19.3 Å². The van der Waals surface area contributed by atoms with Crippen LogP contribution < -0.4 is 0 Å². The summed E-state index contributed by atoms with van der Waals surface area (Å²) in [7, 11) is 0. The molecule has 0 aliphatic heterocycles. The maximum absolute atomic E-state index is 13.0. The Bertz CT molecular complexity index is 94.1. The predicted octanol–water partition coefficient (Wildman–Crippen LogP) is 4.43. The zero-order valence-corrected chi connectivity index (χ0v) is 8.70. The maximum Gasteiger partial charge on any atom is 0.100 e. The van der Waals surface area contributed by atoms with Crippen molar-refractivity contribution < 1.29 is 8.78 Å². The monoisotopic (exact) mass is 192 g/mol. The van der Waals surface area contributed by atoms with Crippen molar-refractivity contribution in [2.24, 2.45) is 0 Å². The summed E-state index contributed by atoms with van der Waals surface area (Å²) in [6.45, 7) is 1.85. The first-order valence-corrected chi connectivity index (χ1v) is 5.51. The minimum Gasteiger partial charge on any atom is -0.251 e. The van der Waals surface area contributed by atoms with Crippen LogP contribution in [-0.4, -0.2) is 12.8 Å². The van der Waals surface area contributed by atoms with E-state index in [1.54, 1.807) is 0 Å². The summed E-state index contributed by atoms with van der Waals surface area (Å²) in [6.07, 6.45) is 6.29. The molecule has 0 aromatic heterocycles. The SMILES string of the molecule is CCCCC(F)CCCCCCF. The van der Waals surface area contributed by atoms with Gasteiger partial charge in [-0.1, -0.05) is 39.0 Å². The van der Waals surface area contributed by atoms with Crippen molar-refractivity contribution in [1.82, 2.24) is 0 Å². The molecule has 0 saturated heterocycles. The van der Waals surface area contributed by atoms with Crippen LogP contribution in [0.15, 0.2) is 0 Å². The van der Waals surface area contributed by atoms with E-state index in [-0.39, 0.29) is 6.67 Å². The molecule has 0 radical (unpaired) electrons. The molecule has 0 aromatic carbocycles. The number of hydrogen-bond donors (Lipinski definition) is 0. The molecule has 0 aliphatic carbocycles. The highest BCUT2D eigenvalue weighted by molar-refractivity contribution is 4.56. The maximum atomic E-state index is 13.0. The van der Waals surface area contributed by atoms with E-state index in [4.69, 9.17) is 0 Å². The Morgan fingerprint density at radius 3 is 2.15 bits per heavy atom. The van der Waals surface area contributed by atoms with Crippen LogP contribution in [0.3, 0.4) is 0 Å². The Kier molecular flexibility index (Phi) is 9.84. The summed E-state index contributed by atoms with van der Waals surface area (Å²) in [6, 6.07) is 0. The van der Waals surface area contributed by atoms with E-state index in [1.807, 2.05) is 0 Å². The summed E-state index contributed by atoms with van der Waals surface area (Å²) in [5, 5.41) is 0. The summed E-state index contributed by atoms with van der Waals surface area (Å²) < 4.78 is 24.7. The van der Waals surface area contributed by atoms with Crippen molar-refractivity contribution in [3.8, 4) is 0 Å². The Balaban J connectivity index is 3.03. The average molecular weight is 192 g/mol. The summed E-state index contributed by atoms with van der Waals surface area (Å²) >= 11 is 0. The van der Waals surface area contributed by atoms with Crippen molar-refractivity contribution in [2.45, 2.75) is 64.5 Å². The highest BCUT2D eigenvalue weighted by Crippen LogP contribution is 2.13. The first-order valence-electron chi connectivity index (χ1n) is 5.51. The van der Waals surface area contributed by atoms with E-state index in [9.17, 15) is 8.78 Å². The van der Waals surface area contributed by atoms with Gasteiger partial charge in [0.25, 0.3) is 0 Å². The quantitative estimate of drug-likeness (QED) is 0.474. The molecule has 80 valence electrons. The largest absolute Gasteiger partial charge is 0.251 e. The molecule has 0 rings (SSSR count). The molecule has 0 N–H and O–H groups in total. The van der Waals surface area contributed by atoms with Crippen LogP contribution in [0.5, 0.6) is 0 Å². The van der Waals surface area contributed by atoms with Gasteiger partial charge in [-0.3, -0.25) is 4.39 Å². The third-order valence-electron chi connectivity index (χ3n) is 2.27. The lowest BCUT2D eigenvalue weighted by Crippen LogP contribution is -1.99. The van der Waals surface area contributed by atoms with Crippen LogP contribution in [0, 0.1) is 0 Å². The van der Waals surface area contributed by atoms with Crippen LogP contribution in [0.25, 0.3) is 0 Å². The highest BCUT2D eigenvalue weighted by Gasteiger charge is 2.04. The standard InChI is InChI=1S/C11H22F2/c1-2-3-8-11(13)9-6-4-5-7-10-12/h11H,2-10H2,1H3. The van der Waals surface area contributed by atoms with Gasteiger partial charge >= 0.3 is 0 Å². The van der Waals surface area contributed by atoms with Gasteiger partial charge in [-0.15, -0.1) is 0 Å². The van der Waals surface area contributed by atoms with Gasteiger partial charge in [0, 0.05) is 0 Å². The van der Waals surface area contributed by atoms with E-state index >= 15 is 0 Å². The molecule has 0 aliphatic rings. The van der Waals surface area contributed by atoms with Gasteiger partial charge in [0.1, 0.15) is 6.17 Å². The molecule has 13 heavy (non-hydrogen) atoms. The summed E-state index contributed by atoms with van der Waals surface area (Å²) in [4.78, 5) is 0. The minimum atomic E-state index is -0.620. The van der Waals surface area contributed by atoms with Crippen molar-refractivity contribution in [3.05, 3.63) is 0 Å². The fourth-order valence-corrected chi connectivity index (χ4v) is 1.38.